The summed E-state index contributed by atoms with van der Waals surface area (Å²) in [6.07, 6.45) is 0. The van der Waals surface area contributed by atoms with Gasteiger partial charge in [-0.05, 0) is 29.7 Å². The van der Waals surface area contributed by atoms with Gasteiger partial charge in [0.25, 0.3) is 0 Å². The quantitative estimate of drug-likeness (QED) is 0.884. The van der Waals surface area contributed by atoms with Crippen LogP contribution in [0.25, 0.3) is 0 Å². The molecule has 0 radical (unpaired) electrons. The van der Waals surface area contributed by atoms with E-state index in [2.05, 4.69) is 0 Å². The lowest BCUT2D eigenvalue weighted by atomic mass is 9.87. The van der Waals surface area contributed by atoms with E-state index in [1.54, 1.807) is 49.4 Å². The van der Waals surface area contributed by atoms with Crippen LogP contribution in [0, 0.1) is 12.7 Å². The Balaban J connectivity index is 2.53. The van der Waals surface area contributed by atoms with Gasteiger partial charge in [0.15, 0.2) is 5.67 Å². The van der Waals surface area contributed by atoms with Gasteiger partial charge in [-0.2, -0.15) is 0 Å². The van der Waals surface area contributed by atoms with Crippen LogP contribution in [0.4, 0.5) is 8.78 Å². The van der Waals surface area contributed by atoms with Crippen molar-refractivity contribution in [2.45, 2.75) is 12.6 Å². The predicted octanol–water partition coefficient (Wildman–Crippen LogP) is 3.31. The molecule has 0 saturated carbocycles. The maximum Gasteiger partial charge on any atom is 0.173 e. The molecular formula is C15H15F2N. The average molecular weight is 247 g/mol. The Hall–Kier alpha value is -1.74. The minimum atomic E-state index is -1.85. The highest BCUT2D eigenvalue weighted by atomic mass is 19.1. The predicted molar refractivity (Wildman–Crippen MR) is 68.5 cm³/mol. The second-order valence-corrected chi connectivity index (χ2v) is 4.34. The van der Waals surface area contributed by atoms with Crippen LogP contribution in [-0.2, 0) is 5.67 Å². The molecule has 0 amide bonds. The molecule has 2 aromatic carbocycles. The first-order chi connectivity index (χ1) is 8.58. The molecule has 0 aromatic heterocycles. The Morgan fingerprint density at radius 2 is 1.72 bits per heavy atom. The van der Waals surface area contributed by atoms with E-state index in [9.17, 15) is 4.39 Å². The van der Waals surface area contributed by atoms with Gasteiger partial charge in [0.1, 0.15) is 5.82 Å². The molecule has 0 aliphatic heterocycles. The highest BCUT2D eigenvalue weighted by molar-refractivity contribution is 5.38. The molecule has 1 atom stereocenters. The second kappa shape index (κ2) is 4.86. The Kier molecular flexibility index (Phi) is 3.43. The lowest BCUT2D eigenvalue weighted by Gasteiger charge is -2.25. The van der Waals surface area contributed by atoms with Crippen molar-refractivity contribution in [3.63, 3.8) is 0 Å². The van der Waals surface area contributed by atoms with Gasteiger partial charge in [-0.25, -0.2) is 8.78 Å². The summed E-state index contributed by atoms with van der Waals surface area (Å²) >= 11 is 0. The molecule has 2 N–H and O–H groups in total. The Labute approximate surface area is 105 Å². The molecule has 0 fully saturated rings. The van der Waals surface area contributed by atoms with E-state index < -0.39 is 11.5 Å². The summed E-state index contributed by atoms with van der Waals surface area (Å²) in [5.74, 6) is -0.418. The molecule has 1 nitrogen and oxygen atoms in total. The van der Waals surface area contributed by atoms with Gasteiger partial charge >= 0.3 is 0 Å². The molecule has 1 unspecified atom stereocenters. The van der Waals surface area contributed by atoms with Crippen molar-refractivity contribution in [2.75, 3.05) is 6.54 Å². The van der Waals surface area contributed by atoms with Crippen molar-refractivity contribution >= 4 is 0 Å². The molecule has 18 heavy (non-hydrogen) atoms. The second-order valence-electron chi connectivity index (χ2n) is 4.34. The fourth-order valence-electron chi connectivity index (χ4n) is 1.94. The third-order valence-electron chi connectivity index (χ3n) is 3.14. The Bertz CT molecular complexity index is 539. The number of hydrogen-bond donors (Lipinski definition) is 1. The van der Waals surface area contributed by atoms with Gasteiger partial charge in [0, 0.05) is 6.54 Å². The highest BCUT2D eigenvalue weighted by Crippen LogP contribution is 2.33. The van der Waals surface area contributed by atoms with Gasteiger partial charge in [0.2, 0.25) is 0 Å². The van der Waals surface area contributed by atoms with Crippen LogP contribution in [0.15, 0.2) is 48.5 Å². The standard InChI is InChI=1S/C15H15F2N/c1-11-7-8-13(9-14(11)16)15(17,10-18)12-5-3-2-4-6-12/h2-9H,10,18H2,1H3. The van der Waals surface area contributed by atoms with Crippen LogP contribution in [0.5, 0.6) is 0 Å². The molecule has 0 bridgehead atoms. The van der Waals surface area contributed by atoms with Crippen molar-refractivity contribution in [1.82, 2.24) is 0 Å². The average Bonchev–Trinajstić information content (AvgIpc) is 2.42. The normalized spacial score (nSPS) is 14.2. The minimum absolute atomic E-state index is 0.223. The van der Waals surface area contributed by atoms with E-state index in [4.69, 9.17) is 5.73 Å². The molecular weight excluding hydrogens is 232 g/mol. The maximum atomic E-state index is 15.0. The Morgan fingerprint density at radius 3 is 2.28 bits per heavy atom. The van der Waals surface area contributed by atoms with Gasteiger partial charge in [-0.3, -0.25) is 0 Å². The monoisotopic (exact) mass is 247 g/mol. The van der Waals surface area contributed by atoms with Crippen LogP contribution in [0.3, 0.4) is 0 Å². The van der Waals surface area contributed by atoms with E-state index in [1.165, 1.54) is 6.07 Å². The number of aryl methyl sites for hydroxylation is 1. The van der Waals surface area contributed by atoms with Crippen LogP contribution in [0.1, 0.15) is 16.7 Å². The van der Waals surface area contributed by atoms with Crippen LogP contribution < -0.4 is 5.73 Å². The molecule has 2 rings (SSSR count). The summed E-state index contributed by atoms with van der Waals surface area (Å²) in [5.41, 5.74) is 4.89. The third kappa shape index (κ3) is 2.14. The first-order valence-corrected chi connectivity index (χ1v) is 5.79. The summed E-state index contributed by atoms with van der Waals surface area (Å²) in [6.45, 7) is 1.42. The van der Waals surface area contributed by atoms with Crippen LogP contribution in [0.2, 0.25) is 0 Å². The molecule has 0 aliphatic rings. The minimum Gasteiger partial charge on any atom is -0.327 e. The van der Waals surface area contributed by atoms with E-state index in [1.807, 2.05) is 0 Å². The fourth-order valence-corrected chi connectivity index (χ4v) is 1.94. The smallest absolute Gasteiger partial charge is 0.173 e. The van der Waals surface area contributed by atoms with Gasteiger partial charge in [0.05, 0.1) is 0 Å². The van der Waals surface area contributed by atoms with E-state index in [-0.39, 0.29) is 12.1 Å². The third-order valence-corrected chi connectivity index (χ3v) is 3.14. The van der Waals surface area contributed by atoms with Crippen molar-refractivity contribution in [1.29, 1.82) is 0 Å². The van der Waals surface area contributed by atoms with Crippen molar-refractivity contribution in [3.05, 3.63) is 71.0 Å². The highest BCUT2D eigenvalue weighted by Gasteiger charge is 2.33. The first-order valence-electron chi connectivity index (χ1n) is 5.79. The lowest BCUT2D eigenvalue weighted by molar-refractivity contribution is 0.232. The van der Waals surface area contributed by atoms with Crippen molar-refractivity contribution < 1.29 is 8.78 Å². The SMILES string of the molecule is Cc1ccc(C(F)(CN)c2ccccc2)cc1F. The topological polar surface area (TPSA) is 26.0 Å². The molecule has 2 aromatic rings. The summed E-state index contributed by atoms with van der Waals surface area (Å²) in [5, 5.41) is 0. The van der Waals surface area contributed by atoms with Crippen LogP contribution in [-0.4, -0.2) is 6.54 Å². The number of nitrogens with two attached hydrogens (primary N) is 1. The molecule has 0 saturated heterocycles. The van der Waals surface area contributed by atoms with E-state index >= 15 is 4.39 Å². The largest absolute Gasteiger partial charge is 0.327 e. The summed E-state index contributed by atoms with van der Waals surface area (Å²) in [6, 6.07) is 13.0. The zero-order chi connectivity index (χ0) is 13.2. The molecule has 94 valence electrons. The Morgan fingerprint density at radius 1 is 1.06 bits per heavy atom. The zero-order valence-electron chi connectivity index (χ0n) is 10.2. The van der Waals surface area contributed by atoms with Crippen molar-refractivity contribution in [3.8, 4) is 0 Å². The number of halogens is 2. The molecule has 3 heteroatoms. The zero-order valence-corrected chi connectivity index (χ0v) is 10.2. The molecule has 0 aliphatic carbocycles. The van der Waals surface area contributed by atoms with Gasteiger partial charge in [-0.15, -0.1) is 0 Å². The number of alkyl halides is 1. The number of rotatable bonds is 3. The van der Waals surface area contributed by atoms with E-state index in [0.717, 1.165) is 0 Å². The summed E-state index contributed by atoms with van der Waals surface area (Å²) in [7, 11) is 0. The maximum absolute atomic E-state index is 15.0. The molecule has 0 heterocycles. The lowest BCUT2D eigenvalue weighted by Crippen LogP contribution is -2.31. The van der Waals surface area contributed by atoms with Crippen LogP contribution >= 0.6 is 0 Å². The van der Waals surface area contributed by atoms with Gasteiger partial charge < -0.3 is 5.73 Å². The number of hydrogen-bond acceptors (Lipinski definition) is 1. The fraction of sp³-hybridized carbons (Fsp3) is 0.200. The first kappa shape index (κ1) is 12.7. The summed E-state index contributed by atoms with van der Waals surface area (Å²) in [4.78, 5) is 0. The van der Waals surface area contributed by atoms with E-state index in [0.29, 0.717) is 11.1 Å². The molecule has 0 spiro atoms. The van der Waals surface area contributed by atoms with Gasteiger partial charge in [-0.1, -0.05) is 42.5 Å². The van der Waals surface area contributed by atoms with Crippen molar-refractivity contribution in [2.24, 2.45) is 5.73 Å². The number of benzene rings is 2. The summed E-state index contributed by atoms with van der Waals surface area (Å²) < 4.78 is 28.6.